The van der Waals surface area contributed by atoms with Crippen LogP contribution in [0.25, 0.3) is 10.8 Å². The fourth-order valence-corrected chi connectivity index (χ4v) is 4.06. The van der Waals surface area contributed by atoms with Crippen molar-refractivity contribution >= 4 is 28.2 Å². The first-order valence-corrected chi connectivity index (χ1v) is 11.5. The number of nitrogen functional groups attached to an aromatic ring is 1. The quantitative estimate of drug-likeness (QED) is 0.526. The lowest BCUT2D eigenvalue weighted by Gasteiger charge is -2.29. The number of amides is 1. The molecule has 182 valence electrons. The van der Waals surface area contributed by atoms with Crippen LogP contribution in [0.1, 0.15) is 46.1 Å². The molecule has 0 fully saturated rings. The van der Waals surface area contributed by atoms with Gasteiger partial charge in [-0.25, -0.2) is 4.79 Å². The summed E-state index contributed by atoms with van der Waals surface area (Å²) >= 11 is 0. The lowest BCUT2D eigenvalue weighted by molar-refractivity contribution is -0.119. The molecule has 0 saturated carbocycles. The van der Waals surface area contributed by atoms with Crippen LogP contribution in [0.5, 0.6) is 5.75 Å². The molecule has 3 rings (SSSR count). The number of aromatic amines is 1. The fourth-order valence-electron chi connectivity index (χ4n) is 4.06. The van der Waals surface area contributed by atoms with E-state index in [0.29, 0.717) is 13.1 Å². The Bertz CT molecular complexity index is 1310. The molecule has 8 heteroatoms. The molecule has 0 bridgehead atoms. The molecule has 8 nitrogen and oxygen atoms in total. The zero-order chi connectivity index (χ0) is 25.2. The van der Waals surface area contributed by atoms with E-state index in [0.717, 1.165) is 22.1 Å². The van der Waals surface area contributed by atoms with Crippen molar-refractivity contribution in [2.24, 2.45) is 11.8 Å². The number of H-pyrrole nitrogens is 1. The zero-order valence-electron chi connectivity index (χ0n) is 20.7. The van der Waals surface area contributed by atoms with E-state index < -0.39 is 17.2 Å². The lowest BCUT2D eigenvalue weighted by atomic mass is 9.96. The summed E-state index contributed by atoms with van der Waals surface area (Å²) in [4.78, 5) is 42.8. The lowest BCUT2D eigenvalue weighted by Crippen LogP contribution is -2.44. The topological polar surface area (TPSA) is 110 Å². The molecule has 0 spiro atoms. The Morgan fingerprint density at radius 2 is 1.68 bits per heavy atom. The predicted octanol–water partition coefficient (Wildman–Crippen LogP) is 3.73. The molecule has 0 aliphatic heterocycles. The Balaban J connectivity index is 2.06. The third kappa shape index (κ3) is 5.16. The molecular weight excluding hydrogens is 432 g/mol. The number of carbonyl (C=O) groups is 1. The van der Waals surface area contributed by atoms with Crippen molar-refractivity contribution in [3.8, 4) is 5.75 Å². The van der Waals surface area contributed by atoms with E-state index in [4.69, 9.17) is 10.5 Å². The van der Waals surface area contributed by atoms with E-state index in [-0.39, 0.29) is 29.2 Å². The van der Waals surface area contributed by atoms with Gasteiger partial charge in [-0.05, 0) is 47.2 Å². The van der Waals surface area contributed by atoms with Crippen LogP contribution in [-0.2, 0) is 11.3 Å². The first kappa shape index (κ1) is 25.1. The highest BCUT2D eigenvalue weighted by molar-refractivity contribution is 6.00. The summed E-state index contributed by atoms with van der Waals surface area (Å²) in [5.41, 5.74) is 5.94. The Kier molecular flexibility index (Phi) is 7.49. The first-order valence-electron chi connectivity index (χ1n) is 11.5. The summed E-state index contributed by atoms with van der Waals surface area (Å²) in [6.45, 7) is 10.3. The number of nitrogens with one attached hydrogen (secondary N) is 1. The Morgan fingerprint density at radius 3 is 2.29 bits per heavy atom. The van der Waals surface area contributed by atoms with E-state index >= 15 is 0 Å². The van der Waals surface area contributed by atoms with Crippen molar-refractivity contribution in [1.29, 1.82) is 0 Å². The van der Waals surface area contributed by atoms with Crippen molar-refractivity contribution in [3.05, 3.63) is 62.8 Å². The Morgan fingerprint density at radius 1 is 1.03 bits per heavy atom. The van der Waals surface area contributed by atoms with Gasteiger partial charge in [-0.1, -0.05) is 52.0 Å². The molecule has 0 radical (unpaired) electrons. The van der Waals surface area contributed by atoms with Crippen LogP contribution < -0.4 is 26.6 Å². The third-order valence-electron chi connectivity index (χ3n) is 5.79. The van der Waals surface area contributed by atoms with Crippen LogP contribution in [0.3, 0.4) is 0 Å². The Hall–Kier alpha value is -3.55. The molecule has 0 aliphatic rings. The number of nitrogens with zero attached hydrogens (tertiary/aromatic N) is 2. The summed E-state index contributed by atoms with van der Waals surface area (Å²) < 4.78 is 6.62. The van der Waals surface area contributed by atoms with Gasteiger partial charge >= 0.3 is 5.69 Å². The first-order chi connectivity index (χ1) is 16.0. The second-order valence-corrected chi connectivity index (χ2v) is 9.53. The van der Waals surface area contributed by atoms with Gasteiger partial charge < -0.3 is 15.4 Å². The number of hydrogen-bond acceptors (Lipinski definition) is 5. The Labute approximate surface area is 199 Å². The third-order valence-corrected chi connectivity index (χ3v) is 5.79. The van der Waals surface area contributed by atoms with Gasteiger partial charge in [0.25, 0.3) is 5.56 Å². The van der Waals surface area contributed by atoms with Crippen molar-refractivity contribution in [2.75, 3.05) is 24.3 Å². The van der Waals surface area contributed by atoms with Gasteiger partial charge in [0.2, 0.25) is 5.91 Å². The van der Waals surface area contributed by atoms with Gasteiger partial charge in [-0.3, -0.25) is 19.1 Å². The average molecular weight is 467 g/mol. The van der Waals surface area contributed by atoms with Crippen LogP contribution >= 0.6 is 0 Å². The number of carbonyl (C=O) groups excluding carboxylic acids is 1. The van der Waals surface area contributed by atoms with Crippen LogP contribution in [0, 0.1) is 11.8 Å². The normalized spacial score (nSPS) is 12.4. The second kappa shape index (κ2) is 10.2. The monoisotopic (exact) mass is 466 g/mol. The molecule has 1 heterocycles. The van der Waals surface area contributed by atoms with Crippen LogP contribution in [0.15, 0.2) is 46.0 Å². The number of aromatic nitrogens is 2. The minimum Gasteiger partial charge on any atom is -0.497 e. The fraction of sp³-hybridized carbons (Fsp3) is 0.423. The number of methoxy groups -OCH3 is 1. The van der Waals surface area contributed by atoms with E-state index in [1.807, 2.05) is 71.0 Å². The van der Waals surface area contributed by atoms with Crippen LogP contribution in [0.4, 0.5) is 11.5 Å². The maximum Gasteiger partial charge on any atom is 0.330 e. The van der Waals surface area contributed by atoms with Crippen molar-refractivity contribution in [3.63, 3.8) is 0 Å². The van der Waals surface area contributed by atoms with Gasteiger partial charge in [0.15, 0.2) is 5.69 Å². The molecule has 34 heavy (non-hydrogen) atoms. The number of hydrogen-bond donors (Lipinski definition) is 2. The summed E-state index contributed by atoms with van der Waals surface area (Å²) in [6, 6.07) is 11.6. The van der Waals surface area contributed by atoms with E-state index in [9.17, 15) is 14.4 Å². The van der Waals surface area contributed by atoms with E-state index in [1.54, 1.807) is 7.11 Å². The standard InChI is InChI=1S/C26H34N4O4/c1-15(2)13-29(22-23(27)30(14-16(3)4)26(33)28-24(22)31)25(32)17(5)18-7-8-20-12-21(34-6)10-9-19(20)11-18/h7-12,15-17H,13-14,27H2,1-6H3,(H,28,31,33)/t17-/m0/s1. The summed E-state index contributed by atoms with van der Waals surface area (Å²) in [5.74, 6) is 0.184. The SMILES string of the molecule is COc1ccc2cc([C@H](C)C(=O)N(CC(C)C)c3c(N)n(CC(C)C)c(=O)[nH]c3=O)ccc2c1. The molecule has 0 aliphatic carbocycles. The highest BCUT2D eigenvalue weighted by atomic mass is 16.5. The molecule has 1 aromatic heterocycles. The van der Waals surface area contributed by atoms with E-state index in [2.05, 4.69) is 4.98 Å². The van der Waals surface area contributed by atoms with E-state index in [1.165, 1.54) is 9.47 Å². The van der Waals surface area contributed by atoms with Gasteiger partial charge in [-0.15, -0.1) is 0 Å². The predicted molar refractivity (Wildman–Crippen MR) is 137 cm³/mol. The molecule has 0 saturated heterocycles. The molecular formula is C26H34N4O4. The van der Waals surface area contributed by atoms with Gasteiger partial charge in [-0.2, -0.15) is 0 Å². The van der Waals surface area contributed by atoms with Crippen molar-refractivity contribution < 1.29 is 9.53 Å². The number of nitrogens with two attached hydrogens (primary N) is 1. The molecule has 1 amide bonds. The smallest absolute Gasteiger partial charge is 0.330 e. The minimum atomic E-state index is -0.658. The van der Waals surface area contributed by atoms with Crippen molar-refractivity contribution in [1.82, 2.24) is 9.55 Å². The highest BCUT2D eigenvalue weighted by Crippen LogP contribution is 2.28. The molecule has 0 unspecified atom stereocenters. The van der Waals surface area contributed by atoms with Gasteiger partial charge in [0.1, 0.15) is 11.6 Å². The summed E-state index contributed by atoms with van der Waals surface area (Å²) in [5, 5.41) is 1.99. The number of anilines is 2. The largest absolute Gasteiger partial charge is 0.497 e. The maximum absolute atomic E-state index is 13.7. The summed E-state index contributed by atoms with van der Waals surface area (Å²) in [6.07, 6.45) is 0. The maximum atomic E-state index is 13.7. The number of ether oxygens (including phenoxy) is 1. The van der Waals surface area contributed by atoms with Gasteiger partial charge in [0, 0.05) is 13.1 Å². The highest BCUT2D eigenvalue weighted by Gasteiger charge is 2.29. The second-order valence-electron chi connectivity index (χ2n) is 9.53. The van der Waals surface area contributed by atoms with Crippen LogP contribution in [-0.4, -0.2) is 29.1 Å². The molecule has 3 N–H and O–H groups in total. The number of fused-ring (bicyclic) bond motifs is 1. The summed E-state index contributed by atoms with van der Waals surface area (Å²) in [7, 11) is 1.62. The molecule has 2 aromatic carbocycles. The molecule has 3 aromatic rings. The molecule has 1 atom stereocenters. The number of benzene rings is 2. The van der Waals surface area contributed by atoms with Crippen LogP contribution in [0.2, 0.25) is 0 Å². The van der Waals surface area contributed by atoms with Crippen molar-refractivity contribution in [2.45, 2.75) is 47.1 Å². The zero-order valence-corrected chi connectivity index (χ0v) is 20.7. The average Bonchev–Trinajstić information content (AvgIpc) is 2.78. The minimum absolute atomic E-state index is 0.00857. The van der Waals surface area contributed by atoms with Gasteiger partial charge in [0.05, 0.1) is 13.0 Å². The number of rotatable bonds is 8.